The topological polar surface area (TPSA) is 0 Å². The lowest BCUT2D eigenvalue weighted by atomic mass is 9.90. The van der Waals surface area contributed by atoms with E-state index in [1.165, 1.54) is 225 Å². The summed E-state index contributed by atoms with van der Waals surface area (Å²) in [6.07, 6.45) is 52.6. The second-order valence-corrected chi connectivity index (χ2v) is 13.7. The van der Waals surface area contributed by atoms with Crippen molar-refractivity contribution < 1.29 is 0 Å². The van der Waals surface area contributed by atoms with Crippen molar-refractivity contribution in [2.24, 2.45) is 5.92 Å². The average molecular weight is 562 g/mol. The summed E-state index contributed by atoms with van der Waals surface area (Å²) in [5.74, 6) is 0.969. The van der Waals surface area contributed by atoms with E-state index in [1.807, 2.05) is 0 Å². The molecule has 0 fully saturated rings. The van der Waals surface area contributed by atoms with E-state index in [-0.39, 0.29) is 0 Å². The third kappa shape index (κ3) is 34.2. The van der Waals surface area contributed by atoms with Gasteiger partial charge in [-0.25, -0.2) is 0 Å². The highest BCUT2D eigenvalue weighted by atomic mass is 14.1. The van der Waals surface area contributed by atoms with E-state index < -0.39 is 0 Å². The van der Waals surface area contributed by atoms with Gasteiger partial charge in [-0.15, -0.1) is 0 Å². The lowest BCUT2D eigenvalue weighted by Crippen LogP contribution is -2.00. The highest BCUT2D eigenvalue weighted by Crippen LogP contribution is 2.23. The fraction of sp³-hybridized carbons (Fsp3) is 0.975. The molecule has 0 aliphatic heterocycles. The fourth-order valence-electron chi connectivity index (χ4n) is 6.68. The maximum Gasteiger partial charge on any atom is -0.0414 e. The van der Waals surface area contributed by atoms with Crippen LogP contribution in [0.3, 0.4) is 0 Å². The molecule has 0 heterocycles. The number of unbranched alkanes of at least 4 members (excludes halogenated alkanes) is 30. The molecule has 0 spiro atoms. The summed E-state index contributed by atoms with van der Waals surface area (Å²) in [5.41, 5.74) is 0. The maximum absolute atomic E-state index is 4.16. The molecule has 0 aliphatic carbocycles. The molecule has 0 nitrogen and oxygen atoms in total. The summed E-state index contributed by atoms with van der Waals surface area (Å²) in [4.78, 5) is 0. The van der Waals surface area contributed by atoms with Crippen LogP contribution in [0.5, 0.6) is 0 Å². The van der Waals surface area contributed by atoms with Crippen molar-refractivity contribution in [1.29, 1.82) is 0 Å². The van der Waals surface area contributed by atoms with Gasteiger partial charge in [0.1, 0.15) is 0 Å². The smallest absolute Gasteiger partial charge is 0.0414 e. The van der Waals surface area contributed by atoms with E-state index in [1.54, 1.807) is 0 Å². The van der Waals surface area contributed by atoms with Gasteiger partial charge in [0.2, 0.25) is 0 Å². The molecule has 0 aliphatic rings. The molecule has 1 atom stereocenters. The van der Waals surface area contributed by atoms with Crippen molar-refractivity contribution in [3.8, 4) is 0 Å². The minimum absolute atomic E-state index is 0.969. The minimum Gasteiger partial charge on any atom is -0.0654 e. The Balaban J connectivity index is 3.30. The van der Waals surface area contributed by atoms with Crippen molar-refractivity contribution >= 4 is 0 Å². The largest absolute Gasteiger partial charge is 0.0654 e. The number of hydrogen-bond acceptors (Lipinski definition) is 0. The first-order chi connectivity index (χ1) is 19.8. The molecule has 40 heavy (non-hydrogen) atoms. The van der Waals surface area contributed by atoms with E-state index in [0.29, 0.717) is 0 Å². The zero-order valence-electron chi connectivity index (χ0n) is 28.7. The molecule has 0 rings (SSSR count). The number of hydrogen-bond donors (Lipinski definition) is 0. The predicted molar refractivity (Wildman–Crippen MR) is 186 cm³/mol. The Morgan fingerprint density at radius 1 is 0.275 bits per heavy atom. The normalized spacial score (nSPS) is 12.4. The van der Waals surface area contributed by atoms with Crippen LogP contribution in [-0.2, 0) is 0 Å². The van der Waals surface area contributed by atoms with Gasteiger partial charge in [0, 0.05) is 0 Å². The first kappa shape index (κ1) is 40.0. The lowest BCUT2D eigenvalue weighted by Gasteiger charge is -2.16. The van der Waals surface area contributed by atoms with Crippen molar-refractivity contribution in [3.05, 3.63) is 6.92 Å². The van der Waals surface area contributed by atoms with Crippen LogP contribution in [0.2, 0.25) is 0 Å². The van der Waals surface area contributed by atoms with Crippen LogP contribution < -0.4 is 0 Å². The summed E-state index contributed by atoms with van der Waals surface area (Å²) in [7, 11) is 0. The summed E-state index contributed by atoms with van der Waals surface area (Å²) >= 11 is 0. The molecule has 0 saturated carbocycles. The van der Waals surface area contributed by atoms with Gasteiger partial charge < -0.3 is 0 Å². The first-order valence-electron chi connectivity index (χ1n) is 19.6. The molecule has 1 unspecified atom stereocenters. The fourth-order valence-corrected chi connectivity index (χ4v) is 6.68. The van der Waals surface area contributed by atoms with Crippen LogP contribution in [0, 0.1) is 12.8 Å². The Morgan fingerprint density at radius 3 is 0.675 bits per heavy atom. The molecule has 0 aromatic carbocycles. The third-order valence-corrected chi connectivity index (χ3v) is 9.54. The van der Waals surface area contributed by atoms with Crippen LogP contribution in [-0.4, -0.2) is 0 Å². The van der Waals surface area contributed by atoms with E-state index in [0.717, 1.165) is 12.3 Å². The summed E-state index contributed by atoms with van der Waals surface area (Å²) in [6, 6.07) is 0. The Kier molecular flexibility index (Phi) is 37.0. The van der Waals surface area contributed by atoms with Crippen molar-refractivity contribution in [2.75, 3.05) is 0 Å². The zero-order valence-corrected chi connectivity index (χ0v) is 28.7. The summed E-state index contributed by atoms with van der Waals surface area (Å²) in [5, 5.41) is 0. The quantitative estimate of drug-likeness (QED) is 0.0667. The van der Waals surface area contributed by atoms with Gasteiger partial charge >= 0.3 is 0 Å². The van der Waals surface area contributed by atoms with E-state index >= 15 is 0 Å². The van der Waals surface area contributed by atoms with Gasteiger partial charge in [0.05, 0.1) is 0 Å². The molecule has 0 aromatic rings. The van der Waals surface area contributed by atoms with E-state index in [9.17, 15) is 0 Å². The van der Waals surface area contributed by atoms with Gasteiger partial charge in [0.15, 0.2) is 0 Å². The molecular weight excluding hydrogens is 480 g/mol. The Labute approximate surface area is 257 Å². The van der Waals surface area contributed by atoms with Crippen molar-refractivity contribution in [1.82, 2.24) is 0 Å². The molecule has 0 bridgehead atoms. The first-order valence-corrected chi connectivity index (χ1v) is 19.6. The monoisotopic (exact) mass is 562 g/mol. The molecule has 241 valence electrons. The van der Waals surface area contributed by atoms with Crippen LogP contribution >= 0.6 is 0 Å². The SMILES string of the molecule is [CH2]CCC(CCCCCCCCCCCC)CCCCCCCCCCCCCCCCCCCCCCCC. The molecule has 1 radical (unpaired) electrons. The molecule has 0 aromatic heterocycles. The van der Waals surface area contributed by atoms with Crippen LogP contribution in [0.15, 0.2) is 0 Å². The molecule has 0 heteroatoms. The van der Waals surface area contributed by atoms with E-state index in [2.05, 4.69) is 20.8 Å². The van der Waals surface area contributed by atoms with Crippen LogP contribution in [0.1, 0.15) is 245 Å². The standard InChI is InChI=1S/C40H81/c1-4-7-9-11-13-15-17-18-19-20-21-22-23-24-25-26-27-28-30-32-34-36-39-40(37-6-3)38-35-33-31-29-16-14-12-10-8-5-2/h40H,3-39H2,1-2H3. The minimum atomic E-state index is 0.969. The average Bonchev–Trinajstić information content (AvgIpc) is 2.96. The van der Waals surface area contributed by atoms with Gasteiger partial charge in [-0.2, -0.15) is 0 Å². The third-order valence-electron chi connectivity index (χ3n) is 9.54. The zero-order chi connectivity index (χ0) is 29.0. The van der Waals surface area contributed by atoms with Gasteiger partial charge in [-0.1, -0.05) is 252 Å². The Bertz CT molecular complexity index is 412. The second kappa shape index (κ2) is 37.0. The second-order valence-electron chi connectivity index (χ2n) is 13.7. The molecular formula is C40H81. The highest BCUT2D eigenvalue weighted by molar-refractivity contribution is 4.62. The summed E-state index contributed by atoms with van der Waals surface area (Å²) < 4.78 is 0. The Hall–Kier alpha value is 0. The van der Waals surface area contributed by atoms with Crippen molar-refractivity contribution in [3.63, 3.8) is 0 Å². The predicted octanol–water partition coefficient (Wildman–Crippen LogP) is 15.5. The maximum atomic E-state index is 4.16. The lowest BCUT2D eigenvalue weighted by molar-refractivity contribution is 0.381. The molecule has 0 saturated heterocycles. The highest BCUT2D eigenvalue weighted by Gasteiger charge is 2.07. The Morgan fingerprint density at radius 2 is 0.475 bits per heavy atom. The van der Waals surface area contributed by atoms with Crippen LogP contribution in [0.4, 0.5) is 0 Å². The van der Waals surface area contributed by atoms with Gasteiger partial charge in [-0.05, 0) is 5.92 Å². The van der Waals surface area contributed by atoms with Gasteiger partial charge in [-0.3, -0.25) is 0 Å². The molecule has 0 N–H and O–H groups in total. The summed E-state index contributed by atoms with van der Waals surface area (Å²) in [6.45, 7) is 8.78. The van der Waals surface area contributed by atoms with Crippen LogP contribution in [0.25, 0.3) is 0 Å². The van der Waals surface area contributed by atoms with Gasteiger partial charge in [0.25, 0.3) is 0 Å². The number of rotatable bonds is 36. The molecule has 0 amide bonds. The van der Waals surface area contributed by atoms with E-state index in [4.69, 9.17) is 0 Å². The van der Waals surface area contributed by atoms with Crippen molar-refractivity contribution in [2.45, 2.75) is 245 Å².